The Bertz CT molecular complexity index is 2130. The molecule has 2 heteroatoms. The fourth-order valence-electron chi connectivity index (χ4n) is 6.01. The van der Waals surface area contributed by atoms with Crippen LogP contribution in [-0.2, 0) is 0 Å². The molecule has 2 heterocycles. The molecule has 0 saturated carbocycles. The van der Waals surface area contributed by atoms with E-state index in [1.807, 2.05) is 11.3 Å². The number of nitrogens with zero attached hydrogens (tertiary/aromatic N) is 1. The largest absolute Gasteiger partial charge is 0.309 e. The van der Waals surface area contributed by atoms with Crippen LogP contribution in [-0.4, -0.2) is 4.57 Å². The van der Waals surface area contributed by atoms with Crippen molar-refractivity contribution in [3.05, 3.63) is 152 Å². The summed E-state index contributed by atoms with van der Waals surface area (Å²) in [6, 6.07) is 54.7. The van der Waals surface area contributed by atoms with Crippen LogP contribution < -0.4 is 0 Å². The van der Waals surface area contributed by atoms with Gasteiger partial charge in [-0.15, -0.1) is 11.3 Å². The highest BCUT2D eigenvalue weighted by molar-refractivity contribution is 7.21. The zero-order chi connectivity index (χ0) is 26.5. The molecule has 188 valence electrons. The summed E-state index contributed by atoms with van der Waals surface area (Å²) in [7, 11) is 0. The van der Waals surface area contributed by atoms with Gasteiger partial charge in [0.25, 0.3) is 0 Å². The van der Waals surface area contributed by atoms with E-state index in [4.69, 9.17) is 0 Å². The minimum absolute atomic E-state index is 1.18. The third-order valence-electron chi connectivity index (χ3n) is 7.83. The van der Waals surface area contributed by atoms with Crippen LogP contribution in [0.25, 0.3) is 70.3 Å². The van der Waals surface area contributed by atoms with E-state index < -0.39 is 0 Å². The van der Waals surface area contributed by atoms with Gasteiger partial charge in [-0.1, -0.05) is 127 Å². The van der Waals surface area contributed by atoms with Gasteiger partial charge in [0.15, 0.2) is 0 Å². The van der Waals surface area contributed by atoms with Crippen molar-refractivity contribution < 1.29 is 0 Å². The number of hydrogen-bond acceptors (Lipinski definition) is 1. The van der Waals surface area contributed by atoms with E-state index in [-0.39, 0.29) is 0 Å². The summed E-state index contributed by atoms with van der Waals surface area (Å²) < 4.78 is 2.40. The van der Waals surface area contributed by atoms with Crippen molar-refractivity contribution in [3.63, 3.8) is 0 Å². The topological polar surface area (TPSA) is 4.93 Å². The van der Waals surface area contributed by atoms with Crippen molar-refractivity contribution in [1.29, 1.82) is 0 Å². The Morgan fingerprint density at radius 3 is 1.68 bits per heavy atom. The molecule has 0 radical (unpaired) electrons. The highest BCUT2D eigenvalue weighted by Crippen LogP contribution is 2.48. The quantitative estimate of drug-likeness (QED) is 0.214. The predicted molar refractivity (Wildman–Crippen MR) is 172 cm³/mol. The zero-order valence-corrected chi connectivity index (χ0v) is 22.6. The molecule has 6 aromatic carbocycles. The second-order valence-electron chi connectivity index (χ2n) is 10.1. The molecule has 0 fully saturated rings. The Morgan fingerprint density at radius 2 is 0.925 bits per heavy atom. The van der Waals surface area contributed by atoms with Gasteiger partial charge in [-0.3, -0.25) is 0 Å². The number of benzene rings is 6. The van der Waals surface area contributed by atoms with Crippen molar-refractivity contribution in [2.75, 3.05) is 0 Å². The smallest absolute Gasteiger partial charge is 0.0547 e. The third-order valence-corrected chi connectivity index (χ3v) is 9.14. The molecule has 8 rings (SSSR count). The fourth-order valence-corrected chi connectivity index (χ4v) is 7.33. The van der Waals surface area contributed by atoms with Gasteiger partial charge in [-0.25, -0.2) is 0 Å². The number of rotatable bonds is 4. The lowest BCUT2D eigenvalue weighted by atomic mass is 10.00. The lowest BCUT2D eigenvalue weighted by Crippen LogP contribution is -1.92. The normalized spacial score (nSPS) is 11.5. The molecule has 0 aliphatic rings. The van der Waals surface area contributed by atoms with Crippen LogP contribution in [0.1, 0.15) is 0 Å². The zero-order valence-electron chi connectivity index (χ0n) is 21.8. The standard InChI is InChI=1S/C38H25NS/c1-3-12-26(13-4-1)27-22-24-28(25-23-27)37-30-16-7-8-17-31(30)38(40-37)33-19-11-21-35-36(33)32-18-9-10-20-34(32)39(35)29-14-5-2-6-15-29/h1-25H. The Kier molecular flexibility index (Phi) is 5.39. The maximum Gasteiger partial charge on any atom is 0.0547 e. The minimum atomic E-state index is 1.18. The second kappa shape index (κ2) is 9.37. The van der Waals surface area contributed by atoms with Crippen molar-refractivity contribution in [1.82, 2.24) is 4.57 Å². The number of fused-ring (bicyclic) bond motifs is 4. The third kappa shape index (κ3) is 3.61. The van der Waals surface area contributed by atoms with E-state index in [0.717, 1.165) is 0 Å². The summed E-state index contributed by atoms with van der Waals surface area (Å²) in [6.45, 7) is 0. The molecule has 0 N–H and O–H groups in total. The molecular weight excluding hydrogens is 502 g/mol. The Hall–Kier alpha value is -4.92. The van der Waals surface area contributed by atoms with Gasteiger partial charge in [-0.05, 0) is 41.0 Å². The highest BCUT2D eigenvalue weighted by Gasteiger charge is 2.20. The van der Waals surface area contributed by atoms with Crippen molar-refractivity contribution >= 4 is 43.9 Å². The average molecular weight is 528 g/mol. The maximum atomic E-state index is 2.40. The minimum Gasteiger partial charge on any atom is -0.309 e. The first-order valence-electron chi connectivity index (χ1n) is 13.6. The highest BCUT2D eigenvalue weighted by atomic mass is 32.1. The molecule has 1 nitrogen and oxygen atoms in total. The molecule has 0 saturated heterocycles. The van der Waals surface area contributed by atoms with Crippen LogP contribution in [0.3, 0.4) is 0 Å². The van der Waals surface area contributed by atoms with E-state index >= 15 is 0 Å². The molecule has 0 unspecified atom stereocenters. The molecule has 8 aromatic rings. The molecule has 0 aliphatic carbocycles. The molecule has 0 atom stereocenters. The fraction of sp³-hybridized carbons (Fsp3) is 0. The van der Waals surface area contributed by atoms with Crippen LogP contribution in [0.15, 0.2) is 152 Å². The molecule has 0 amide bonds. The first-order valence-corrected chi connectivity index (χ1v) is 14.4. The van der Waals surface area contributed by atoms with Crippen molar-refractivity contribution in [3.8, 4) is 37.7 Å². The van der Waals surface area contributed by atoms with Gasteiger partial charge >= 0.3 is 0 Å². The SMILES string of the molecule is c1ccc(-c2ccc(-c3sc(-c4cccc5c4c4ccccc4n5-c4ccccc4)c4ccccc34)cc2)cc1. The summed E-state index contributed by atoms with van der Waals surface area (Å²) in [5.74, 6) is 0. The summed E-state index contributed by atoms with van der Waals surface area (Å²) in [5, 5.41) is 5.19. The Labute approximate surface area is 237 Å². The Balaban J connectivity index is 1.36. The van der Waals surface area contributed by atoms with Gasteiger partial charge in [0.05, 0.1) is 11.0 Å². The molecule has 0 bridgehead atoms. The second-order valence-corrected chi connectivity index (χ2v) is 11.2. The average Bonchev–Trinajstić information content (AvgIpc) is 3.59. The summed E-state index contributed by atoms with van der Waals surface area (Å²) in [6.07, 6.45) is 0. The number of aromatic nitrogens is 1. The number of thiophene rings is 1. The van der Waals surface area contributed by atoms with Crippen LogP contribution in [0.4, 0.5) is 0 Å². The molecule has 40 heavy (non-hydrogen) atoms. The van der Waals surface area contributed by atoms with Gasteiger partial charge < -0.3 is 4.57 Å². The molecule has 0 spiro atoms. The van der Waals surface area contributed by atoms with Gasteiger partial charge in [0.2, 0.25) is 0 Å². The van der Waals surface area contributed by atoms with E-state index in [0.29, 0.717) is 0 Å². The summed E-state index contributed by atoms with van der Waals surface area (Å²) in [4.78, 5) is 2.63. The van der Waals surface area contributed by atoms with Gasteiger partial charge in [0.1, 0.15) is 0 Å². The van der Waals surface area contributed by atoms with E-state index in [1.165, 1.54) is 70.3 Å². The first-order chi connectivity index (χ1) is 19.9. The van der Waals surface area contributed by atoms with Crippen LogP contribution in [0, 0.1) is 0 Å². The molecular formula is C38H25NS. The number of para-hydroxylation sites is 2. The van der Waals surface area contributed by atoms with Crippen molar-refractivity contribution in [2.45, 2.75) is 0 Å². The molecule has 2 aromatic heterocycles. The first kappa shape index (κ1) is 23.0. The van der Waals surface area contributed by atoms with E-state index in [2.05, 4.69) is 156 Å². The van der Waals surface area contributed by atoms with Crippen LogP contribution in [0.2, 0.25) is 0 Å². The number of hydrogen-bond donors (Lipinski definition) is 0. The van der Waals surface area contributed by atoms with Gasteiger partial charge in [0, 0.05) is 42.6 Å². The van der Waals surface area contributed by atoms with E-state index in [9.17, 15) is 0 Å². The van der Waals surface area contributed by atoms with Crippen LogP contribution in [0.5, 0.6) is 0 Å². The van der Waals surface area contributed by atoms with E-state index in [1.54, 1.807) is 0 Å². The maximum absolute atomic E-state index is 2.40. The summed E-state index contributed by atoms with van der Waals surface area (Å²) in [5.41, 5.74) is 8.67. The van der Waals surface area contributed by atoms with Gasteiger partial charge in [-0.2, -0.15) is 0 Å². The lowest BCUT2D eigenvalue weighted by Gasteiger charge is -2.08. The summed E-state index contributed by atoms with van der Waals surface area (Å²) >= 11 is 1.90. The Morgan fingerprint density at radius 1 is 0.375 bits per heavy atom. The monoisotopic (exact) mass is 527 g/mol. The molecule has 0 aliphatic heterocycles. The van der Waals surface area contributed by atoms with Crippen molar-refractivity contribution in [2.24, 2.45) is 0 Å². The lowest BCUT2D eigenvalue weighted by molar-refractivity contribution is 1.18. The van der Waals surface area contributed by atoms with Crippen LogP contribution >= 0.6 is 11.3 Å². The predicted octanol–water partition coefficient (Wildman–Crippen LogP) is 11.0.